The highest BCUT2D eigenvalue weighted by Crippen LogP contribution is 2.48. The van der Waals surface area contributed by atoms with E-state index in [2.05, 4.69) is 17.1 Å². The maximum absolute atomic E-state index is 12.5. The number of aryl methyl sites for hydroxylation is 1. The van der Waals surface area contributed by atoms with Gasteiger partial charge in [-0.3, -0.25) is 9.89 Å². The summed E-state index contributed by atoms with van der Waals surface area (Å²) in [5.74, 6) is 0.469. The lowest BCUT2D eigenvalue weighted by atomic mass is 9.82. The molecule has 5 heteroatoms. The number of likely N-dealkylation sites (tertiary alicyclic amines) is 1. The first kappa shape index (κ1) is 13.6. The molecule has 2 aliphatic rings. The number of aliphatic hydroxyl groups is 1. The SMILES string of the molecule is CCCc1cc(C(=O)N2C[C@H]3CCC[C@@]3(CO)C2)n[nH]1. The van der Waals surface area contributed by atoms with Gasteiger partial charge in [0.15, 0.2) is 0 Å². The van der Waals surface area contributed by atoms with Crippen molar-refractivity contribution in [3.05, 3.63) is 17.5 Å². The van der Waals surface area contributed by atoms with Gasteiger partial charge in [-0.05, 0) is 31.2 Å². The molecule has 1 aliphatic heterocycles. The average Bonchev–Trinajstić information content (AvgIpc) is 3.11. The van der Waals surface area contributed by atoms with Crippen molar-refractivity contribution in [2.75, 3.05) is 19.7 Å². The topological polar surface area (TPSA) is 69.2 Å². The van der Waals surface area contributed by atoms with Gasteiger partial charge >= 0.3 is 0 Å². The number of nitrogens with zero attached hydrogens (tertiary/aromatic N) is 2. The van der Waals surface area contributed by atoms with Crippen molar-refractivity contribution in [2.24, 2.45) is 11.3 Å². The number of carbonyl (C=O) groups excluding carboxylic acids is 1. The molecule has 0 aromatic carbocycles. The molecule has 1 saturated carbocycles. The van der Waals surface area contributed by atoms with Crippen LogP contribution in [0.2, 0.25) is 0 Å². The maximum Gasteiger partial charge on any atom is 0.274 e. The third kappa shape index (κ3) is 2.14. The lowest BCUT2D eigenvalue weighted by Crippen LogP contribution is -2.34. The van der Waals surface area contributed by atoms with Crippen LogP contribution in [-0.2, 0) is 6.42 Å². The number of rotatable bonds is 4. The van der Waals surface area contributed by atoms with Crippen molar-refractivity contribution in [1.29, 1.82) is 0 Å². The molecule has 2 heterocycles. The fraction of sp³-hybridized carbons (Fsp3) is 0.733. The van der Waals surface area contributed by atoms with Crippen LogP contribution in [0.15, 0.2) is 6.07 Å². The number of aliphatic hydroxyl groups excluding tert-OH is 1. The highest BCUT2D eigenvalue weighted by atomic mass is 16.3. The number of aromatic nitrogens is 2. The standard InChI is InChI=1S/C15H23N3O2/c1-2-4-12-7-13(17-16-12)14(20)18-8-11-5-3-6-15(11,9-18)10-19/h7,11,19H,2-6,8-10H2,1H3,(H,16,17)/t11-,15+/m1/s1. The number of hydrogen-bond acceptors (Lipinski definition) is 3. The van der Waals surface area contributed by atoms with Gasteiger partial charge in [-0.2, -0.15) is 5.10 Å². The Labute approximate surface area is 119 Å². The summed E-state index contributed by atoms with van der Waals surface area (Å²) in [6, 6.07) is 1.87. The van der Waals surface area contributed by atoms with Crippen LogP contribution in [0, 0.1) is 11.3 Å². The molecule has 1 saturated heterocycles. The third-order valence-electron chi connectivity index (χ3n) is 5.01. The van der Waals surface area contributed by atoms with E-state index in [1.165, 1.54) is 6.42 Å². The first-order chi connectivity index (χ1) is 9.68. The Morgan fingerprint density at radius 1 is 1.65 bits per heavy atom. The summed E-state index contributed by atoms with van der Waals surface area (Å²) in [5, 5.41) is 16.8. The molecule has 0 radical (unpaired) electrons. The summed E-state index contributed by atoms with van der Waals surface area (Å²) < 4.78 is 0. The number of nitrogens with one attached hydrogen (secondary N) is 1. The van der Waals surface area contributed by atoms with Crippen LogP contribution in [-0.4, -0.2) is 45.8 Å². The predicted molar refractivity (Wildman–Crippen MR) is 75.3 cm³/mol. The zero-order valence-electron chi connectivity index (χ0n) is 12.1. The maximum atomic E-state index is 12.5. The Kier molecular flexibility index (Phi) is 3.54. The lowest BCUT2D eigenvalue weighted by Gasteiger charge is -2.25. The molecule has 0 spiro atoms. The molecular weight excluding hydrogens is 254 g/mol. The number of amides is 1. The normalized spacial score (nSPS) is 28.9. The minimum absolute atomic E-state index is 0.00540. The Morgan fingerprint density at radius 3 is 3.20 bits per heavy atom. The summed E-state index contributed by atoms with van der Waals surface area (Å²) in [5.41, 5.74) is 1.49. The van der Waals surface area contributed by atoms with Gasteiger partial charge in [0.05, 0.1) is 6.61 Å². The minimum Gasteiger partial charge on any atom is -0.396 e. The molecule has 2 N–H and O–H groups in total. The number of carbonyl (C=O) groups is 1. The summed E-state index contributed by atoms with van der Waals surface area (Å²) in [7, 11) is 0. The molecule has 3 rings (SSSR count). The minimum atomic E-state index is -0.0434. The quantitative estimate of drug-likeness (QED) is 0.878. The zero-order valence-corrected chi connectivity index (χ0v) is 12.1. The molecule has 20 heavy (non-hydrogen) atoms. The second-order valence-electron chi connectivity index (χ2n) is 6.32. The molecule has 0 unspecified atom stereocenters. The van der Waals surface area contributed by atoms with E-state index >= 15 is 0 Å². The zero-order chi connectivity index (χ0) is 14.2. The predicted octanol–water partition coefficient (Wildman–Crippen LogP) is 1.60. The fourth-order valence-electron chi connectivity index (χ4n) is 3.86. The van der Waals surface area contributed by atoms with Gasteiger partial charge in [-0.1, -0.05) is 19.8 Å². The summed E-state index contributed by atoms with van der Waals surface area (Å²) >= 11 is 0. The fourth-order valence-corrected chi connectivity index (χ4v) is 3.86. The van der Waals surface area contributed by atoms with E-state index in [1.807, 2.05) is 11.0 Å². The van der Waals surface area contributed by atoms with Crippen molar-refractivity contribution in [2.45, 2.75) is 39.0 Å². The molecule has 1 aliphatic carbocycles. The molecule has 110 valence electrons. The van der Waals surface area contributed by atoms with Crippen LogP contribution < -0.4 is 0 Å². The monoisotopic (exact) mass is 277 g/mol. The molecule has 0 bridgehead atoms. The van der Waals surface area contributed by atoms with Crippen molar-refractivity contribution in [3.8, 4) is 0 Å². The van der Waals surface area contributed by atoms with Crippen molar-refractivity contribution >= 4 is 5.91 Å². The first-order valence-electron chi connectivity index (χ1n) is 7.63. The Bertz CT molecular complexity index is 499. The highest BCUT2D eigenvalue weighted by Gasteiger charge is 2.50. The van der Waals surface area contributed by atoms with E-state index in [-0.39, 0.29) is 17.9 Å². The summed E-state index contributed by atoms with van der Waals surface area (Å²) in [4.78, 5) is 14.4. The van der Waals surface area contributed by atoms with Gasteiger partial charge in [0.1, 0.15) is 5.69 Å². The molecule has 2 atom stereocenters. The van der Waals surface area contributed by atoms with Gasteiger partial charge in [-0.15, -0.1) is 0 Å². The third-order valence-corrected chi connectivity index (χ3v) is 5.01. The van der Waals surface area contributed by atoms with E-state index in [1.54, 1.807) is 0 Å². The Hall–Kier alpha value is -1.36. The second kappa shape index (κ2) is 5.20. The van der Waals surface area contributed by atoms with Crippen LogP contribution in [0.5, 0.6) is 0 Å². The van der Waals surface area contributed by atoms with Crippen LogP contribution in [0.25, 0.3) is 0 Å². The number of aromatic amines is 1. The van der Waals surface area contributed by atoms with Crippen LogP contribution in [0.4, 0.5) is 0 Å². The number of H-pyrrole nitrogens is 1. The van der Waals surface area contributed by atoms with Crippen molar-refractivity contribution < 1.29 is 9.90 Å². The van der Waals surface area contributed by atoms with E-state index in [9.17, 15) is 9.90 Å². The molecule has 1 amide bonds. The second-order valence-corrected chi connectivity index (χ2v) is 6.32. The van der Waals surface area contributed by atoms with E-state index in [0.29, 0.717) is 18.2 Å². The van der Waals surface area contributed by atoms with Crippen LogP contribution in [0.1, 0.15) is 48.8 Å². The van der Waals surface area contributed by atoms with Crippen molar-refractivity contribution in [1.82, 2.24) is 15.1 Å². The smallest absolute Gasteiger partial charge is 0.274 e. The Morgan fingerprint density at radius 2 is 2.50 bits per heavy atom. The molecule has 1 aromatic rings. The van der Waals surface area contributed by atoms with Gasteiger partial charge in [0.2, 0.25) is 0 Å². The van der Waals surface area contributed by atoms with Crippen molar-refractivity contribution in [3.63, 3.8) is 0 Å². The lowest BCUT2D eigenvalue weighted by molar-refractivity contribution is 0.0729. The molecule has 1 aromatic heterocycles. The van der Waals surface area contributed by atoms with Crippen LogP contribution >= 0.6 is 0 Å². The van der Waals surface area contributed by atoms with E-state index < -0.39 is 0 Å². The highest BCUT2D eigenvalue weighted by molar-refractivity contribution is 5.92. The summed E-state index contributed by atoms with van der Waals surface area (Å²) in [6.07, 6.45) is 5.31. The van der Waals surface area contributed by atoms with Gasteiger partial charge < -0.3 is 10.0 Å². The van der Waals surface area contributed by atoms with Gasteiger partial charge in [0.25, 0.3) is 5.91 Å². The summed E-state index contributed by atoms with van der Waals surface area (Å²) in [6.45, 7) is 3.76. The van der Waals surface area contributed by atoms with Crippen LogP contribution in [0.3, 0.4) is 0 Å². The number of fused-ring (bicyclic) bond motifs is 1. The van der Waals surface area contributed by atoms with E-state index in [4.69, 9.17) is 0 Å². The van der Waals surface area contributed by atoms with Gasteiger partial charge in [0, 0.05) is 24.2 Å². The number of hydrogen-bond donors (Lipinski definition) is 2. The van der Waals surface area contributed by atoms with Gasteiger partial charge in [-0.25, -0.2) is 0 Å². The molecule has 5 nitrogen and oxygen atoms in total. The average molecular weight is 277 g/mol. The Balaban J connectivity index is 1.72. The molecular formula is C15H23N3O2. The van der Waals surface area contributed by atoms with E-state index in [0.717, 1.165) is 37.9 Å². The first-order valence-corrected chi connectivity index (χ1v) is 7.63. The largest absolute Gasteiger partial charge is 0.396 e. The molecule has 2 fully saturated rings.